The van der Waals surface area contributed by atoms with Crippen LogP contribution in [0.3, 0.4) is 0 Å². The Morgan fingerprint density at radius 1 is 0.966 bits per heavy atom. The normalized spacial score (nSPS) is 12.3. The second-order valence-corrected chi connectivity index (χ2v) is 11.6. The van der Waals surface area contributed by atoms with Crippen LogP contribution in [0.1, 0.15) is 29.1 Å². The minimum absolute atomic E-state index is 0.0317. The third-order valence-electron chi connectivity index (χ3n) is 4.27. The maximum Gasteiger partial charge on any atom is 0.253 e. The van der Waals surface area contributed by atoms with E-state index >= 15 is 0 Å². The van der Waals surface area contributed by atoms with E-state index in [1.165, 1.54) is 44.4 Å². The van der Waals surface area contributed by atoms with Gasteiger partial charge in [-0.15, -0.1) is 11.3 Å². The lowest BCUT2D eigenvalue weighted by atomic mass is 10.2. The Morgan fingerprint density at radius 2 is 1.55 bits per heavy atom. The number of thiophene rings is 1. The van der Waals surface area contributed by atoms with Crippen LogP contribution in [-0.4, -0.2) is 59.1 Å². The monoisotopic (exact) mass is 459 g/mol. The topological polar surface area (TPSA) is 104 Å². The van der Waals surface area contributed by atoms with E-state index in [9.17, 15) is 21.6 Å². The van der Waals surface area contributed by atoms with E-state index < -0.39 is 20.0 Å². The molecule has 2 rings (SSSR count). The van der Waals surface area contributed by atoms with Gasteiger partial charge in [0.2, 0.25) is 10.0 Å². The molecule has 160 valence electrons. The average Bonchev–Trinajstić information content (AvgIpc) is 3.17. The van der Waals surface area contributed by atoms with Crippen molar-refractivity contribution in [2.45, 2.75) is 29.5 Å². The first-order valence-electron chi connectivity index (χ1n) is 8.93. The molecule has 0 bridgehead atoms. The van der Waals surface area contributed by atoms with Gasteiger partial charge in [-0.2, -0.15) is 0 Å². The van der Waals surface area contributed by atoms with Gasteiger partial charge in [-0.3, -0.25) is 4.79 Å². The summed E-state index contributed by atoms with van der Waals surface area (Å²) in [7, 11) is -4.48. The summed E-state index contributed by atoms with van der Waals surface area (Å²) in [5.74, 6) is -0.153. The third kappa shape index (κ3) is 5.43. The first kappa shape index (κ1) is 23.5. The predicted molar refractivity (Wildman–Crippen MR) is 113 cm³/mol. The lowest BCUT2D eigenvalue weighted by Gasteiger charge is -2.18. The van der Waals surface area contributed by atoms with E-state index in [1.54, 1.807) is 11.0 Å². The molecule has 0 fully saturated rings. The number of nitrogens with one attached hydrogen (secondary N) is 1. The van der Waals surface area contributed by atoms with Crippen LogP contribution in [-0.2, 0) is 26.6 Å². The zero-order chi connectivity index (χ0) is 21.8. The highest BCUT2D eigenvalue weighted by molar-refractivity contribution is 7.91. The molecular weight excluding hydrogens is 434 g/mol. The largest absolute Gasteiger partial charge is 0.339 e. The summed E-state index contributed by atoms with van der Waals surface area (Å²) in [5, 5.41) is 0. The second kappa shape index (κ2) is 9.35. The molecular formula is C18H25N3O5S3. The highest BCUT2D eigenvalue weighted by Gasteiger charge is 2.21. The number of amides is 1. The third-order valence-corrected chi connectivity index (χ3v) is 9.06. The average molecular weight is 460 g/mol. The molecule has 29 heavy (non-hydrogen) atoms. The van der Waals surface area contributed by atoms with Gasteiger partial charge < -0.3 is 4.90 Å². The molecule has 1 amide bonds. The van der Waals surface area contributed by atoms with E-state index in [4.69, 9.17) is 0 Å². The van der Waals surface area contributed by atoms with Crippen molar-refractivity contribution < 1.29 is 21.6 Å². The summed E-state index contributed by atoms with van der Waals surface area (Å²) < 4.78 is 53.0. The van der Waals surface area contributed by atoms with Gasteiger partial charge in [-0.05, 0) is 50.2 Å². The molecule has 1 aromatic heterocycles. The fourth-order valence-electron chi connectivity index (χ4n) is 2.49. The summed E-state index contributed by atoms with van der Waals surface area (Å²) in [6, 6.07) is 8.78. The van der Waals surface area contributed by atoms with Crippen molar-refractivity contribution in [1.29, 1.82) is 0 Å². The van der Waals surface area contributed by atoms with Gasteiger partial charge in [0.1, 0.15) is 4.21 Å². The van der Waals surface area contributed by atoms with Gasteiger partial charge >= 0.3 is 0 Å². The van der Waals surface area contributed by atoms with Crippen LogP contribution < -0.4 is 4.72 Å². The molecule has 0 aliphatic carbocycles. The minimum atomic E-state index is -3.80. The van der Waals surface area contributed by atoms with Crippen LogP contribution in [0.15, 0.2) is 45.5 Å². The van der Waals surface area contributed by atoms with E-state index in [0.717, 1.165) is 15.6 Å². The SMILES string of the molecule is CCN(CC)C(=O)c1ccc(S(=O)(=O)NCc2ccc(S(=O)(=O)N(C)C)s2)cc1. The number of rotatable bonds is 9. The number of carbonyl (C=O) groups excluding carboxylic acids is 1. The summed E-state index contributed by atoms with van der Waals surface area (Å²) in [5.41, 5.74) is 0.421. The molecule has 8 nitrogen and oxygen atoms in total. The first-order valence-corrected chi connectivity index (χ1v) is 12.7. The molecule has 2 aromatic rings. The number of benzene rings is 1. The van der Waals surface area contributed by atoms with E-state index in [2.05, 4.69) is 4.72 Å². The van der Waals surface area contributed by atoms with Gasteiger partial charge in [0, 0.05) is 44.2 Å². The second-order valence-electron chi connectivity index (χ2n) is 6.33. The smallest absolute Gasteiger partial charge is 0.253 e. The number of hydrogen-bond acceptors (Lipinski definition) is 6. The Kier molecular flexibility index (Phi) is 7.57. The lowest BCUT2D eigenvalue weighted by molar-refractivity contribution is 0.0773. The van der Waals surface area contributed by atoms with Gasteiger partial charge in [0.15, 0.2) is 0 Å². The van der Waals surface area contributed by atoms with Gasteiger partial charge in [0.05, 0.1) is 4.90 Å². The standard InChI is InChI=1S/C18H25N3O5S3/c1-5-21(6-2)18(22)14-7-10-16(11-8-14)28(23,24)19-13-15-9-12-17(27-15)29(25,26)20(3)4/h7-12,19H,5-6,13H2,1-4H3. The van der Waals surface area contributed by atoms with Crippen LogP contribution in [0, 0.1) is 0 Å². The predicted octanol–water partition coefficient (Wildman–Crippen LogP) is 1.96. The van der Waals surface area contributed by atoms with Crippen LogP contribution in [0.5, 0.6) is 0 Å². The fraction of sp³-hybridized carbons (Fsp3) is 0.389. The highest BCUT2D eigenvalue weighted by atomic mass is 32.2. The number of hydrogen-bond donors (Lipinski definition) is 1. The molecule has 0 atom stereocenters. The lowest BCUT2D eigenvalue weighted by Crippen LogP contribution is -2.30. The molecule has 0 saturated heterocycles. The molecule has 0 aliphatic rings. The van der Waals surface area contributed by atoms with Crippen LogP contribution in [0.25, 0.3) is 0 Å². The highest BCUT2D eigenvalue weighted by Crippen LogP contribution is 2.24. The van der Waals surface area contributed by atoms with Crippen LogP contribution in [0.2, 0.25) is 0 Å². The van der Waals surface area contributed by atoms with Gasteiger partial charge in [0.25, 0.3) is 15.9 Å². The van der Waals surface area contributed by atoms with Crippen molar-refractivity contribution in [3.8, 4) is 0 Å². The van der Waals surface area contributed by atoms with Crippen LogP contribution >= 0.6 is 11.3 Å². The summed E-state index contributed by atoms with van der Waals surface area (Å²) in [6.45, 7) is 4.87. The van der Waals surface area contributed by atoms with Crippen molar-refractivity contribution in [1.82, 2.24) is 13.9 Å². The minimum Gasteiger partial charge on any atom is -0.339 e. The summed E-state index contributed by atoms with van der Waals surface area (Å²) >= 11 is 1.01. The molecule has 0 spiro atoms. The van der Waals surface area contributed by atoms with Crippen molar-refractivity contribution in [2.75, 3.05) is 27.2 Å². The van der Waals surface area contributed by atoms with Crippen LogP contribution in [0.4, 0.5) is 0 Å². The van der Waals surface area contributed by atoms with E-state index in [-0.39, 0.29) is 21.6 Å². The Balaban J connectivity index is 2.11. The molecule has 1 N–H and O–H groups in total. The molecule has 1 heterocycles. The molecule has 1 aromatic carbocycles. The Labute approximate surface area is 176 Å². The zero-order valence-corrected chi connectivity index (χ0v) is 19.2. The summed E-state index contributed by atoms with van der Waals surface area (Å²) in [4.78, 5) is 14.6. The maximum atomic E-state index is 12.5. The van der Waals surface area contributed by atoms with Gasteiger partial charge in [-0.1, -0.05) is 0 Å². The number of carbonyl (C=O) groups is 1. The molecule has 0 saturated carbocycles. The first-order chi connectivity index (χ1) is 13.5. The Hall–Kier alpha value is -1.79. The Morgan fingerprint density at radius 3 is 2.07 bits per heavy atom. The maximum absolute atomic E-state index is 12.5. The van der Waals surface area contributed by atoms with Crippen molar-refractivity contribution in [3.05, 3.63) is 46.8 Å². The van der Waals surface area contributed by atoms with Crippen molar-refractivity contribution in [3.63, 3.8) is 0 Å². The number of nitrogens with zero attached hydrogens (tertiary/aromatic N) is 2. The van der Waals surface area contributed by atoms with E-state index in [1.807, 2.05) is 13.8 Å². The molecule has 0 radical (unpaired) electrons. The van der Waals surface area contributed by atoms with Gasteiger partial charge in [-0.25, -0.2) is 25.9 Å². The quantitative estimate of drug-likeness (QED) is 0.617. The molecule has 0 aliphatic heterocycles. The van der Waals surface area contributed by atoms with E-state index in [0.29, 0.717) is 23.5 Å². The zero-order valence-electron chi connectivity index (χ0n) is 16.7. The van der Waals surface area contributed by atoms with Crippen molar-refractivity contribution in [2.24, 2.45) is 0 Å². The number of sulfonamides is 2. The molecule has 11 heteroatoms. The fourth-order valence-corrected chi connectivity index (χ4v) is 6.05. The molecule has 0 unspecified atom stereocenters. The van der Waals surface area contributed by atoms with Crippen molar-refractivity contribution >= 4 is 37.3 Å². The summed E-state index contributed by atoms with van der Waals surface area (Å²) in [6.07, 6.45) is 0. The Bertz CT molecular complexity index is 1050.